The van der Waals surface area contributed by atoms with Gasteiger partial charge in [-0.15, -0.1) is 12.4 Å². The summed E-state index contributed by atoms with van der Waals surface area (Å²) in [6.45, 7) is 0. The van der Waals surface area contributed by atoms with E-state index in [1.165, 1.54) is 0 Å². The summed E-state index contributed by atoms with van der Waals surface area (Å²) in [5, 5.41) is 1.25. The van der Waals surface area contributed by atoms with Gasteiger partial charge in [-0.05, 0) is 12.1 Å². The summed E-state index contributed by atoms with van der Waals surface area (Å²) in [6, 6.07) is 3.14. The molecule has 0 aliphatic heterocycles. The first kappa shape index (κ1) is 12.1. The van der Waals surface area contributed by atoms with Gasteiger partial charge in [0.25, 0.3) is 0 Å². The van der Waals surface area contributed by atoms with Gasteiger partial charge < -0.3 is 5.43 Å². The first-order valence-corrected chi connectivity index (χ1v) is 3.89. The van der Waals surface area contributed by atoms with Gasteiger partial charge in [0, 0.05) is 5.02 Å². The van der Waals surface area contributed by atoms with Gasteiger partial charge in [0.1, 0.15) is 0 Å². The van der Waals surface area contributed by atoms with Crippen LogP contribution in [0.1, 0.15) is 0 Å². The molecule has 1 aromatic rings. The number of hydrogen-bond donors (Lipinski definition) is 2. The van der Waals surface area contributed by atoms with Crippen LogP contribution in [0.2, 0.25) is 15.1 Å². The molecule has 68 valence electrons. The maximum absolute atomic E-state index is 5.73. The number of benzene rings is 1. The van der Waals surface area contributed by atoms with E-state index in [-0.39, 0.29) is 12.4 Å². The molecule has 0 heterocycles. The third-order valence-corrected chi connectivity index (χ3v) is 2.17. The molecule has 0 unspecified atom stereocenters. The molecule has 0 bridgehead atoms. The zero-order valence-electron chi connectivity index (χ0n) is 5.77. The lowest BCUT2D eigenvalue weighted by Gasteiger charge is -2.04. The van der Waals surface area contributed by atoms with Crippen molar-refractivity contribution in [2.24, 2.45) is 5.84 Å². The normalized spacial score (nSPS) is 9.00. The van der Waals surface area contributed by atoms with Gasteiger partial charge in [-0.2, -0.15) is 0 Å². The summed E-state index contributed by atoms with van der Waals surface area (Å²) < 4.78 is 0. The Balaban J connectivity index is 0.00000121. The van der Waals surface area contributed by atoms with Crippen LogP contribution in [0.25, 0.3) is 0 Å². The van der Waals surface area contributed by atoms with Gasteiger partial charge in [0.2, 0.25) is 0 Å². The minimum absolute atomic E-state index is 0. The van der Waals surface area contributed by atoms with Crippen LogP contribution >= 0.6 is 47.2 Å². The molecule has 3 N–H and O–H groups in total. The molecule has 1 rings (SSSR count). The molecule has 0 aliphatic rings. The fraction of sp³-hybridized carbons (Fsp3) is 0. The highest BCUT2D eigenvalue weighted by molar-refractivity contribution is 6.44. The van der Waals surface area contributed by atoms with Gasteiger partial charge in [-0.1, -0.05) is 34.8 Å². The topological polar surface area (TPSA) is 38.0 Å². The van der Waals surface area contributed by atoms with E-state index in [0.29, 0.717) is 20.8 Å². The van der Waals surface area contributed by atoms with Gasteiger partial charge in [0.05, 0.1) is 15.7 Å². The molecule has 0 atom stereocenters. The Morgan fingerprint density at radius 3 is 2.25 bits per heavy atom. The van der Waals surface area contributed by atoms with Crippen molar-refractivity contribution in [2.75, 3.05) is 5.43 Å². The summed E-state index contributed by atoms with van der Waals surface area (Å²) >= 11 is 17.1. The standard InChI is InChI=1S/C6H5Cl3N2.ClH/c7-3-1-4(8)6(9)5(2-3)11-10;/h1-2,11H,10H2;1H. The second kappa shape index (κ2) is 5.00. The molecule has 0 aliphatic carbocycles. The van der Waals surface area contributed by atoms with E-state index in [4.69, 9.17) is 40.6 Å². The Bertz CT molecular complexity index is 276. The van der Waals surface area contributed by atoms with Crippen molar-refractivity contribution < 1.29 is 0 Å². The Morgan fingerprint density at radius 1 is 1.17 bits per heavy atom. The summed E-state index contributed by atoms with van der Waals surface area (Å²) in [5.74, 6) is 5.14. The molecule has 0 aromatic heterocycles. The van der Waals surface area contributed by atoms with E-state index < -0.39 is 0 Å². The average Bonchev–Trinajstić information content (AvgIpc) is 1.96. The van der Waals surface area contributed by atoms with Crippen LogP contribution in [0.15, 0.2) is 12.1 Å². The van der Waals surface area contributed by atoms with E-state index in [0.717, 1.165) is 0 Å². The van der Waals surface area contributed by atoms with Crippen molar-refractivity contribution in [1.29, 1.82) is 0 Å². The largest absolute Gasteiger partial charge is 0.323 e. The Labute approximate surface area is 91.4 Å². The van der Waals surface area contributed by atoms with Crippen LogP contribution in [0.5, 0.6) is 0 Å². The van der Waals surface area contributed by atoms with Crippen LogP contribution in [0.3, 0.4) is 0 Å². The van der Waals surface area contributed by atoms with Crippen molar-refractivity contribution in [3.05, 3.63) is 27.2 Å². The molecule has 1 aromatic carbocycles. The SMILES string of the molecule is Cl.NNc1cc(Cl)cc(Cl)c1Cl. The summed E-state index contributed by atoms with van der Waals surface area (Å²) in [7, 11) is 0. The molecule has 0 saturated heterocycles. The summed E-state index contributed by atoms with van der Waals surface area (Å²) in [4.78, 5) is 0. The first-order valence-electron chi connectivity index (χ1n) is 2.76. The molecule has 6 heteroatoms. The molecule has 0 spiro atoms. The quantitative estimate of drug-likeness (QED) is 0.454. The number of hydrazine groups is 1. The number of anilines is 1. The van der Waals surface area contributed by atoms with E-state index in [1.54, 1.807) is 12.1 Å². The zero-order chi connectivity index (χ0) is 8.43. The molecule has 0 saturated carbocycles. The molecular formula is C6H6Cl4N2. The van der Waals surface area contributed by atoms with E-state index in [1.807, 2.05) is 0 Å². The highest BCUT2D eigenvalue weighted by atomic mass is 35.5. The highest BCUT2D eigenvalue weighted by Crippen LogP contribution is 2.32. The van der Waals surface area contributed by atoms with Crippen molar-refractivity contribution >= 4 is 52.9 Å². The fourth-order valence-corrected chi connectivity index (χ4v) is 1.32. The first-order chi connectivity index (χ1) is 5.15. The maximum atomic E-state index is 5.73. The van der Waals surface area contributed by atoms with E-state index in [9.17, 15) is 0 Å². The second-order valence-electron chi connectivity index (χ2n) is 1.89. The Hall–Kier alpha value is 0.140. The number of halogens is 4. The lowest BCUT2D eigenvalue weighted by molar-refractivity contribution is 1.35. The fourth-order valence-electron chi connectivity index (χ4n) is 0.661. The number of nitrogen functional groups attached to an aromatic ring is 1. The number of hydrogen-bond acceptors (Lipinski definition) is 2. The predicted molar refractivity (Wildman–Crippen MR) is 56.5 cm³/mol. The van der Waals surface area contributed by atoms with E-state index in [2.05, 4.69) is 5.43 Å². The van der Waals surface area contributed by atoms with Gasteiger partial charge in [-0.25, -0.2) is 0 Å². The van der Waals surface area contributed by atoms with Crippen molar-refractivity contribution in [3.63, 3.8) is 0 Å². The van der Waals surface area contributed by atoms with Crippen LogP contribution < -0.4 is 11.3 Å². The summed E-state index contributed by atoms with van der Waals surface area (Å²) in [6.07, 6.45) is 0. The molecule has 2 nitrogen and oxygen atoms in total. The molecule has 0 radical (unpaired) electrons. The molecule has 0 fully saturated rings. The second-order valence-corrected chi connectivity index (χ2v) is 3.12. The lowest BCUT2D eigenvalue weighted by atomic mass is 10.3. The minimum atomic E-state index is 0. The van der Waals surface area contributed by atoms with Crippen molar-refractivity contribution in [2.45, 2.75) is 0 Å². The van der Waals surface area contributed by atoms with Crippen LogP contribution in [0.4, 0.5) is 5.69 Å². The van der Waals surface area contributed by atoms with Crippen LogP contribution in [-0.4, -0.2) is 0 Å². The zero-order valence-corrected chi connectivity index (χ0v) is 8.86. The van der Waals surface area contributed by atoms with Crippen LogP contribution in [-0.2, 0) is 0 Å². The van der Waals surface area contributed by atoms with Gasteiger partial charge >= 0.3 is 0 Å². The number of rotatable bonds is 1. The minimum Gasteiger partial charge on any atom is -0.323 e. The molecular weight excluding hydrogens is 242 g/mol. The predicted octanol–water partition coefficient (Wildman–Crippen LogP) is 3.35. The number of nitrogens with one attached hydrogen (secondary N) is 1. The lowest BCUT2D eigenvalue weighted by Crippen LogP contribution is -2.07. The molecule has 12 heavy (non-hydrogen) atoms. The highest BCUT2D eigenvalue weighted by Gasteiger charge is 2.04. The Kier molecular flexibility index (Phi) is 5.06. The Morgan fingerprint density at radius 2 is 1.75 bits per heavy atom. The third kappa shape index (κ3) is 2.57. The molecule has 0 amide bonds. The van der Waals surface area contributed by atoms with Gasteiger partial charge in [0.15, 0.2) is 0 Å². The van der Waals surface area contributed by atoms with Gasteiger partial charge in [-0.3, -0.25) is 5.84 Å². The monoisotopic (exact) mass is 246 g/mol. The van der Waals surface area contributed by atoms with Crippen molar-refractivity contribution in [3.8, 4) is 0 Å². The average molecular weight is 248 g/mol. The number of nitrogens with two attached hydrogens (primary N) is 1. The third-order valence-electron chi connectivity index (χ3n) is 1.15. The van der Waals surface area contributed by atoms with E-state index >= 15 is 0 Å². The summed E-state index contributed by atoms with van der Waals surface area (Å²) in [5.41, 5.74) is 2.89. The smallest absolute Gasteiger partial charge is 0.0837 e. The maximum Gasteiger partial charge on any atom is 0.0837 e. The van der Waals surface area contributed by atoms with Crippen LogP contribution in [0, 0.1) is 0 Å². The van der Waals surface area contributed by atoms with Crippen molar-refractivity contribution in [1.82, 2.24) is 0 Å².